The first-order valence-corrected chi connectivity index (χ1v) is 8.77. The van der Waals surface area contributed by atoms with Crippen LogP contribution in [-0.4, -0.2) is 32.9 Å². The topological polar surface area (TPSA) is 66.0 Å². The second-order valence-electron chi connectivity index (χ2n) is 6.58. The number of aromatic nitrogens is 4. The van der Waals surface area contributed by atoms with Crippen LogP contribution in [0.4, 0.5) is 0 Å². The third kappa shape index (κ3) is 2.78. The lowest BCUT2D eigenvalue weighted by molar-refractivity contribution is 0.189. The van der Waals surface area contributed by atoms with Crippen molar-refractivity contribution in [1.29, 1.82) is 0 Å². The van der Waals surface area contributed by atoms with E-state index >= 15 is 0 Å². The number of hydrogen-bond acceptors (Lipinski definition) is 5. The van der Waals surface area contributed by atoms with Crippen molar-refractivity contribution in [2.75, 3.05) is 13.2 Å². The van der Waals surface area contributed by atoms with Crippen molar-refractivity contribution in [1.82, 2.24) is 19.7 Å². The zero-order chi connectivity index (χ0) is 17.3. The van der Waals surface area contributed by atoms with E-state index < -0.39 is 0 Å². The normalized spacial score (nSPS) is 17.2. The van der Waals surface area contributed by atoms with Crippen LogP contribution in [0.3, 0.4) is 0 Å². The highest BCUT2D eigenvalue weighted by atomic mass is 16.5. The molecule has 0 bridgehead atoms. The highest BCUT2D eigenvalue weighted by Crippen LogP contribution is 2.26. The molecule has 2 aromatic carbocycles. The van der Waals surface area contributed by atoms with Gasteiger partial charge >= 0.3 is 0 Å². The summed E-state index contributed by atoms with van der Waals surface area (Å²) in [6, 6.07) is 16.4. The maximum Gasteiger partial charge on any atom is 0.232 e. The summed E-state index contributed by atoms with van der Waals surface area (Å²) < 4.78 is 13.0. The van der Waals surface area contributed by atoms with Crippen LogP contribution in [0.1, 0.15) is 23.8 Å². The largest absolute Gasteiger partial charge is 0.381 e. The molecule has 4 aromatic rings. The van der Waals surface area contributed by atoms with Crippen molar-refractivity contribution >= 4 is 11.0 Å². The Morgan fingerprint density at radius 3 is 3.00 bits per heavy atom. The molecule has 130 valence electrons. The van der Waals surface area contributed by atoms with E-state index in [9.17, 15) is 0 Å². The summed E-state index contributed by atoms with van der Waals surface area (Å²) in [4.78, 5) is 9.03. The van der Waals surface area contributed by atoms with Gasteiger partial charge in [0.1, 0.15) is 0 Å². The molecular formula is C20H18N4O2. The Morgan fingerprint density at radius 2 is 2.08 bits per heavy atom. The van der Waals surface area contributed by atoms with Crippen LogP contribution in [-0.2, 0) is 11.3 Å². The van der Waals surface area contributed by atoms with Gasteiger partial charge in [0.25, 0.3) is 0 Å². The van der Waals surface area contributed by atoms with E-state index in [4.69, 9.17) is 9.26 Å². The van der Waals surface area contributed by atoms with E-state index in [1.807, 2.05) is 36.7 Å². The number of imidazole rings is 1. The number of benzene rings is 2. The zero-order valence-corrected chi connectivity index (χ0v) is 14.2. The minimum absolute atomic E-state index is 0.219. The summed E-state index contributed by atoms with van der Waals surface area (Å²) in [7, 11) is 0. The zero-order valence-electron chi connectivity index (χ0n) is 14.2. The summed E-state index contributed by atoms with van der Waals surface area (Å²) in [6.45, 7) is 2.17. The van der Waals surface area contributed by atoms with Gasteiger partial charge in [-0.2, -0.15) is 4.98 Å². The minimum Gasteiger partial charge on any atom is -0.381 e. The SMILES string of the molecule is c1cc(Cn2cnc3ccccc32)cc(-c2noc([C@@H]3CCOC3)n2)c1. The quantitative estimate of drug-likeness (QED) is 0.564. The fraction of sp³-hybridized carbons (Fsp3) is 0.250. The highest BCUT2D eigenvalue weighted by molar-refractivity contribution is 5.75. The molecule has 1 saturated heterocycles. The molecule has 1 atom stereocenters. The van der Waals surface area contributed by atoms with Crippen molar-refractivity contribution in [3.8, 4) is 11.4 Å². The molecule has 6 nitrogen and oxygen atoms in total. The summed E-state index contributed by atoms with van der Waals surface area (Å²) >= 11 is 0. The molecule has 0 unspecified atom stereocenters. The Bertz CT molecular complexity index is 1050. The third-order valence-corrected chi connectivity index (χ3v) is 4.79. The number of para-hydroxylation sites is 2. The maximum atomic E-state index is 5.45. The lowest BCUT2D eigenvalue weighted by Crippen LogP contribution is -1.99. The molecule has 0 radical (unpaired) electrons. The summed E-state index contributed by atoms with van der Waals surface area (Å²) in [5.41, 5.74) is 4.26. The van der Waals surface area contributed by atoms with Crippen LogP contribution in [0, 0.1) is 0 Å². The number of hydrogen-bond donors (Lipinski definition) is 0. The standard InChI is InChI=1S/C20H18N4O2/c1-2-7-18-17(6-1)21-13-24(18)11-14-4-3-5-15(10-14)19-22-20(26-23-19)16-8-9-25-12-16/h1-7,10,13,16H,8-9,11-12H2/t16-/m1/s1. The first-order chi connectivity index (χ1) is 12.9. The molecule has 0 amide bonds. The van der Waals surface area contributed by atoms with Crippen molar-refractivity contribution < 1.29 is 9.26 Å². The first kappa shape index (κ1) is 15.3. The molecule has 26 heavy (non-hydrogen) atoms. The second kappa shape index (κ2) is 6.38. The molecule has 0 spiro atoms. The molecular weight excluding hydrogens is 328 g/mol. The van der Waals surface area contributed by atoms with Crippen LogP contribution in [0.25, 0.3) is 22.4 Å². The van der Waals surface area contributed by atoms with Gasteiger partial charge in [0, 0.05) is 18.7 Å². The number of fused-ring (bicyclic) bond motifs is 1. The van der Waals surface area contributed by atoms with Crippen molar-refractivity contribution in [3.63, 3.8) is 0 Å². The lowest BCUT2D eigenvalue weighted by atomic mass is 10.1. The Kier molecular flexibility index (Phi) is 3.75. The molecule has 5 rings (SSSR count). The van der Waals surface area contributed by atoms with E-state index in [2.05, 4.69) is 37.9 Å². The Morgan fingerprint density at radius 1 is 1.12 bits per heavy atom. The molecule has 2 aromatic heterocycles. The molecule has 1 aliphatic rings. The van der Waals surface area contributed by atoms with E-state index in [0.717, 1.165) is 36.2 Å². The minimum atomic E-state index is 0.219. The van der Waals surface area contributed by atoms with Gasteiger partial charge in [0.15, 0.2) is 0 Å². The predicted molar refractivity (Wildman–Crippen MR) is 96.7 cm³/mol. The van der Waals surface area contributed by atoms with Gasteiger partial charge in [-0.25, -0.2) is 4.98 Å². The fourth-order valence-electron chi connectivity index (χ4n) is 3.39. The van der Waals surface area contributed by atoms with Crippen LogP contribution >= 0.6 is 0 Å². The molecule has 1 aliphatic heterocycles. The Labute approximate surface area is 150 Å². The highest BCUT2D eigenvalue weighted by Gasteiger charge is 2.24. The average molecular weight is 346 g/mol. The fourth-order valence-corrected chi connectivity index (χ4v) is 3.39. The van der Waals surface area contributed by atoms with Crippen LogP contribution < -0.4 is 0 Å². The molecule has 3 heterocycles. The maximum absolute atomic E-state index is 5.45. The second-order valence-corrected chi connectivity index (χ2v) is 6.58. The molecule has 0 aliphatic carbocycles. The van der Waals surface area contributed by atoms with Crippen molar-refractivity contribution in [2.45, 2.75) is 18.9 Å². The molecule has 6 heteroatoms. The predicted octanol–water partition coefficient (Wildman–Crippen LogP) is 3.64. The summed E-state index contributed by atoms with van der Waals surface area (Å²) in [5, 5.41) is 4.16. The van der Waals surface area contributed by atoms with Gasteiger partial charge in [0.05, 0.1) is 29.9 Å². The van der Waals surface area contributed by atoms with E-state index in [-0.39, 0.29) is 5.92 Å². The molecule has 0 saturated carbocycles. The van der Waals surface area contributed by atoms with Gasteiger partial charge in [-0.1, -0.05) is 35.5 Å². The number of nitrogens with zero attached hydrogens (tertiary/aromatic N) is 4. The smallest absolute Gasteiger partial charge is 0.232 e. The molecule has 0 N–H and O–H groups in total. The van der Waals surface area contributed by atoms with Crippen LogP contribution in [0.15, 0.2) is 59.4 Å². The van der Waals surface area contributed by atoms with Gasteiger partial charge in [0.2, 0.25) is 11.7 Å². The Balaban J connectivity index is 1.42. The number of ether oxygens (including phenoxy) is 1. The van der Waals surface area contributed by atoms with Gasteiger partial charge in [-0.3, -0.25) is 0 Å². The third-order valence-electron chi connectivity index (χ3n) is 4.79. The van der Waals surface area contributed by atoms with Crippen LogP contribution in [0.5, 0.6) is 0 Å². The van der Waals surface area contributed by atoms with E-state index in [1.165, 1.54) is 5.56 Å². The van der Waals surface area contributed by atoms with E-state index in [0.29, 0.717) is 18.3 Å². The average Bonchev–Trinajstić information content (AvgIpc) is 3.43. The van der Waals surface area contributed by atoms with Gasteiger partial charge < -0.3 is 13.8 Å². The van der Waals surface area contributed by atoms with Gasteiger partial charge in [-0.15, -0.1) is 0 Å². The van der Waals surface area contributed by atoms with Gasteiger partial charge in [-0.05, 0) is 30.2 Å². The summed E-state index contributed by atoms with van der Waals surface area (Å²) in [6.07, 6.45) is 2.82. The Hall–Kier alpha value is -2.99. The van der Waals surface area contributed by atoms with Crippen molar-refractivity contribution in [2.24, 2.45) is 0 Å². The summed E-state index contributed by atoms with van der Waals surface area (Å²) in [5.74, 6) is 1.52. The van der Waals surface area contributed by atoms with Crippen molar-refractivity contribution in [3.05, 3.63) is 66.3 Å². The van der Waals surface area contributed by atoms with E-state index in [1.54, 1.807) is 0 Å². The first-order valence-electron chi connectivity index (χ1n) is 8.77. The van der Waals surface area contributed by atoms with Crippen LogP contribution in [0.2, 0.25) is 0 Å². The number of rotatable bonds is 4. The molecule has 1 fully saturated rings. The monoisotopic (exact) mass is 346 g/mol. The lowest BCUT2D eigenvalue weighted by Gasteiger charge is -2.06.